The maximum atomic E-state index is 12.2. The third kappa shape index (κ3) is 4.05. The highest BCUT2D eigenvalue weighted by Gasteiger charge is 2.28. The van der Waals surface area contributed by atoms with E-state index >= 15 is 0 Å². The Kier molecular flexibility index (Phi) is 4.88. The number of carbonyl (C=O) groups is 1. The van der Waals surface area contributed by atoms with Gasteiger partial charge in [0.1, 0.15) is 0 Å². The van der Waals surface area contributed by atoms with E-state index < -0.39 is 0 Å². The van der Waals surface area contributed by atoms with Crippen LogP contribution in [0.25, 0.3) is 0 Å². The van der Waals surface area contributed by atoms with Crippen molar-refractivity contribution in [2.75, 3.05) is 26.2 Å². The van der Waals surface area contributed by atoms with Crippen molar-refractivity contribution in [1.82, 2.24) is 10.2 Å². The third-order valence-electron chi connectivity index (χ3n) is 4.42. The number of likely N-dealkylation sites (tertiary alicyclic amines) is 1. The minimum atomic E-state index is 0.134. The quantitative estimate of drug-likeness (QED) is 0.898. The molecule has 21 heavy (non-hydrogen) atoms. The Labute approximate surface area is 126 Å². The Hall–Kier alpha value is -1.39. The number of carbonyl (C=O) groups excluding carboxylic acids is 1. The standard InChI is InChI=1S/C17H24N2O2/c20-17(18-11-16-7-4-10-21-16)15-8-9-19(13-15)12-14-5-2-1-3-6-14/h1-3,5-6,15-16H,4,7-13H2,(H,18,20). The molecule has 4 heteroatoms. The second-order valence-electron chi connectivity index (χ2n) is 6.09. The van der Waals surface area contributed by atoms with Crippen LogP contribution in [0, 0.1) is 5.92 Å². The Morgan fingerprint density at radius 2 is 2.14 bits per heavy atom. The van der Waals surface area contributed by atoms with Crippen molar-refractivity contribution >= 4 is 5.91 Å². The molecule has 2 aliphatic rings. The Balaban J connectivity index is 1.42. The molecule has 2 atom stereocenters. The smallest absolute Gasteiger partial charge is 0.224 e. The lowest BCUT2D eigenvalue weighted by molar-refractivity contribution is -0.125. The number of nitrogens with one attached hydrogen (secondary N) is 1. The maximum Gasteiger partial charge on any atom is 0.224 e. The van der Waals surface area contributed by atoms with E-state index in [9.17, 15) is 4.79 Å². The van der Waals surface area contributed by atoms with Gasteiger partial charge < -0.3 is 10.1 Å². The number of amides is 1. The summed E-state index contributed by atoms with van der Waals surface area (Å²) in [5.74, 6) is 0.330. The van der Waals surface area contributed by atoms with Crippen LogP contribution in [0.5, 0.6) is 0 Å². The van der Waals surface area contributed by atoms with Crippen LogP contribution in [0.15, 0.2) is 30.3 Å². The average Bonchev–Trinajstić information content (AvgIpc) is 3.17. The fraction of sp³-hybridized carbons (Fsp3) is 0.588. The molecular formula is C17H24N2O2. The summed E-state index contributed by atoms with van der Waals surface area (Å²) in [6.45, 7) is 4.33. The minimum absolute atomic E-state index is 0.134. The Bertz CT molecular complexity index is 457. The first-order valence-electron chi connectivity index (χ1n) is 7.97. The molecule has 0 aromatic heterocycles. The summed E-state index contributed by atoms with van der Waals surface area (Å²) < 4.78 is 5.54. The third-order valence-corrected chi connectivity index (χ3v) is 4.42. The van der Waals surface area contributed by atoms with Gasteiger partial charge in [0.05, 0.1) is 12.0 Å². The minimum Gasteiger partial charge on any atom is -0.376 e. The normalized spacial score (nSPS) is 26.1. The molecule has 2 unspecified atom stereocenters. The molecule has 0 spiro atoms. The van der Waals surface area contributed by atoms with Gasteiger partial charge >= 0.3 is 0 Å². The summed E-state index contributed by atoms with van der Waals surface area (Å²) in [7, 11) is 0. The molecule has 0 radical (unpaired) electrons. The van der Waals surface area contributed by atoms with E-state index in [1.807, 2.05) is 6.07 Å². The first-order valence-corrected chi connectivity index (χ1v) is 7.97. The predicted octanol–water partition coefficient (Wildman–Crippen LogP) is 1.80. The van der Waals surface area contributed by atoms with Crippen LogP contribution >= 0.6 is 0 Å². The molecule has 2 heterocycles. The van der Waals surface area contributed by atoms with Crippen LogP contribution in [0.2, 0.25) is 0 Å². The first kappa shape index (κ1) is 14.5. The molecule has 1 N–H and O–H groups in total. The molecule has 0 aliphatic carbocycles. The van der Waals surface area contributed by atoms with Gasteiger partial charge in [0.25, 0.3) is 0 Å². The van der Waals surface area contributed by atoms with Gasteiger partial charge in [0, 0.05) is 26.2 Å². The lowest BCUT2D eigenvalue weighted by Gasteiger charge is -2.17. The van der Waals surface area contributed by atoms with Crippen LogP contribution in [-0.4, -0.2) is 43.2 Å². The fourth-order valence-corrected chi connectivity index (χ4v) is 3.20. The van der Waals surface area contributed by atoms with Crippen molar-refractivity contribution in [3.8, 4) is 0 Å². The molecule has 1 aromatic rings. The van der Waals surface area contributed by atoms with Gasteiger partial charge in [-0.1, -0.05) is 30.3 Å². The highest BCUT2D eigenvalue weighted by atomic mass is 16.5. The number of hydrogen-bond donors (Lipinski definition) is 1. The van der Waals surface area contributed by atoms with E-state index in [4.69, 9.17) is 4.74 Å². The zero-order valence-corrected chi connectivity index (χ0v) is 12.5. The van der Waals surface area contributed by atoms with Crippen LogP contribution in [0.4, 0.5) is 0 Å². The summed E-state index contributed by atoms with van der Waals surface area (Å²) in [6, 6.07) is 10.5. The number of benzene rings is 1. The molecule has 114 valence electrons. The van der Waals surface area contributed by atoms with Gasteiger partial charge in [-0.2, -0.15) is 0 Å². The van der Waals surface area contributed by atoms with Crippen LogP contribution < -0.4 is 5.32 Å². The zero-order chi connectivity index (χ0) is 14.5. The summed E-state index contributed by atoms with van der Waals surface area (Å²) >= 11 is 0. The first-order chi connectivity index (χ1) is 10.3. The van der Waals surface area contributed by atoms with Crippen molar-refractivity contribution in [1.29, 1.82) is 0 Å². The number of rotatable bonds is 5. The van der Waals surface area contributed by atoms with Crippen molar-refractivity contribution in [3.05, 3.63) is 35.9 Å². The summed E-state index contributed by atoms with van der Waals surface area (Å²) in [5, 5.41) is 3.06. The highest BCUT2D eigenvalue weighted by molar-refractivity contribution is 5.79. The SMILES string of the molecule is O=C(NCC1CCCO1)C1CCN(Cc2ccccc2)C1. The second kappa shape index (κ2) is 7.05. The number of ether oxygens (including phenoxy) is 1. The topological polar surface area (TPSA) is 41.6 Å². The summed E-state index contributed by atoms with van der Waals surface area (Å²) in [6.07, 6.45) is 3.39. The predicted molar refractivity (Wildman–Crippen MR) is 81.8 cm³/mol. The maximum absolute atomic E-state index is 12.2. The Morgan fingerprint density at radius 3 is 2.90 bits per heavy atom. The van der Waals surface area contributed by atoms with Gasteiger partial charge in [-0.25, -0.2) is 0 Å². The van der Waals surface area contributed by atoms with Gasteiger partial charge in [-0.3, -0.25) is 9.69 Å². The molecule has 1 aromatic carbocycles. The molecular weight excluding hydrogens is 264 g/mol. The largest absolute Gasteiger partial charge is 0.376 e. The van der Waals surface area contributed by atoms with Crippen LogP contribution in [0.1, 0.15) is 24.8 Å². The second-order valence-corrected chi connectivity index (χ2v) is 6.09. The fourth-order valence-electron chi connectivity index (χ4n) is 3.20. The van der Waals surface area contributed by atoms with Gasteiger partial charge in [0.15, 0.2) is 0 Å². The van der Waals surface area contributed by atoms with E-state index in [1.54, 1.807) is 0 Å². The molecule has 2 fully saturated rings. The molecule has 3 rings (SSSR count). The monoisotopic (exact) mass is 288 g/mol. The molecule has 2 saturated heterocycles. The average molecular weight is 288 g/mol. The van der Waals surface area contributed by atoms with Gasteiger partial charge in [-0.05, 0) is 31.4 Å². The lowest BCUT2D eigenvalue weighted by Crippen LogP contribution is -2.37. The molecule has 2 aliphatic heterocycles. The van der Waals surface area contributed by atoms with Gasteiger partial charge in [0.2, 0.25) is 5.91 Å². The van der Waals surface area contributed by atoms with Crippen molar-refractivity contribution < 1.29 is 9.53 Å². The van der Waals surface area contributed by atoms with Crippen molar-refractivity contribution in [3.63, 3.8) is 0 Å². The van der Waals surface area contributed by atoms with E-state index in [2.05, 4.69) is 34.5 Å². The molecule has 0 saturated carbocycles. The molecule has 4 nitrogen and oxygen atoms in total. The number of hydrogen-bond acceptors (Lipinski definition) is 3. The van der Waals surface area contributed by atoms with E-state index in [-0.39, 0.29) is 17.9 Å². The Morgan fingerprint density at radius 1 is 1.29 bits per heavy atom. The molecule has 1 amide bonds. The summed E-state index contributed by atoms with van der Waals surface area (Å²) in [5.41, 5.74) is 1.32. The molecule has 0 bridgehead atoms. The van der Waals surface area contributed by atoms with Crippen LogP contribution in [-0.2, 0) is 16.1 Å². The van der Waals surface area contributed by atoms with E-state index in [0.29, 0.717) is 6.54 Å². The summed E-state index contributed by atoms with van der Waals surface area (Å²) in [4.78, 5) is 14.6. The van der Waals surface area contributed by atoms with Crippen molar-refractivity contribution in [2.45, 2.75) is 31.9 Å². The lowest BCUT2D eigenvalue weighted by atomic mass is 10.1. The van der Waals surface area contributed by atoms with Crippen LogP contribution in [0.3, 0.4) is 0 Å². The zero-order valence-electron chi connectivity index (χ0n) is 12.5. The van der Waals surface area contributed by atoms with Crippen molar-refractivity contribution in [2.24, 2.45) is 5.92 Å². The van der Waals surface area contributed by atoms with E-state index in [0.717, 1.165) is 45.5 Å². The van der Waals surface area contributed by atoms with Gasteiger partial charge in [-0.15, -0.1) is 0 Å². The van der Waals surface area contributed by atoms with E-state index in [1.165, 1.54) is 5.56 Å². The highest BCUT2D eigenvalue weighted by Crippen LogP contribution is 2.19. The number of nitrogens with zero attached hydrogens (tertiary/aromatic N) is 1.